The van der Waals surface area contributed by atoms with E-state index in [1.165, 1.54) is 45.1 Å². The molecule has 1 aliphatic rings. The molecule has 0 aromatic carbocycles. The molecule has 2 nitrogen and oxygen atoms in total. The van der Waals surface area contributed by atoms with Gasteiger partial charge in [-0.25, -0.2) is 0 Å². The molecule has 0 saturated heterocycles. The summed E-state index contributed by atoms with van der Waals surface area (Å²) in [6.07, 6.45) is 8.48. The summed E-state index contributed by atoms with van der Waals surface area (Å²) in [5.41, 5.74) is 0. The SMILES string of the molecule is CCC(CNC)CN(C)C1CCCCC1. The lowest BCUT2D eigenvalue weighted by Crippen LogP contribution is -2.39. The van der Waals surface area contributed by atoms with Crippen molar-refractivity contribution in [3.05, 3.63) is 0 Å². The fourth-order valence-electron chi connectivity index (χ4n) is 2.70. The van der Waals surface area contributed by atoms with E-state index in [9.17, 15) is 0 Å². The van der Waals surface area contributed by atoms with Crippen LogP contribution in [-0.2, 0) is 0 Å². The number of hydrogen-bond acceptors (Lipinski definition) is 2. The van der Waals surface area contributed by atoms with Crippen LogP contribution in [0.3, 0.4) is 0 Å². The lowest BCUT2D eigenvalue weighted by Gasteiger charge is -2.33. The minimum absolute atomic E-state index is 0.821. The van der Waals surface area contributed by atoms with Gasteiger partial charge in [0.05, 0.1) is 0 Å². The quantitative estimate of drug-likeness (QED) is 0.728. The lowest BCUT2D eigenvalue weighted by molar-refractivity contribution is 0.164. The van der Waals surface area contributed by atoms with Crippen LogP contribution in [0.4, 0.5) is 0 Å². The van der Waals surface area contributed by atoms with Gasteiger partial charge in [0.15, 0.2) is 0 Å². The summed E-state index contributed by atoms with van der Waals surface area (Å²) >= 11 is 0. The summed E-state index contributed by atoms with van der Waals surface area (Å²) < 4.78 is 0. The zero-order valence-corrected chi connectivity index (χ0v) is 10.8. The Morgan fingerprint density at radius 2 is 1.93 bits per heavy atom. The van der Waals surface area contributed by atoms with E-state index in [1.807, 2.05) is 0 Å². The maximum Gasteiger partial charge on any atom is 0.00923 e. The molecule has 15 heavy (non-hydrogen) atoms. The third-order valence-corrected chi connectivity index (χ3v) is 3.81. The Balaban J connectivity index is 2.28. The molecule has 0 amide bonds. The van der Waals surface area contributed by atoms with Crippen molar-refractivity contribution in [2.45, 2.75) is 51.5 Å². The van der Waals surface area contributed by atoms with Crippen LogP contribution >= 0.6 is 0 Å². The van der Waals surface area contributed by atoms with E-state index in [0.717, 1.165) is 18.5 Å². The van der Waals surface area contributed by atoms with Gasteiger partial charge in [-0.15, -0.1) is 0 Å². The van der Waals surface area contributed by atoms with Crippen LogP contribution in [0, 0.1) is 5.92 Å². The molecule has 2 heteroatoms. The van der Waals surface area contributed by atoms with Crippen LogP contribution in [0.15, 0.2) is 0 Å². The van der Waals surface area contributed by atoms with E-state index in [4.69, 9.17) is 0 Å². The van der Waals surface area contributed by atoms with E-state index in [0.29, 0.717) is 0 Å². The zero-order valence-electron chi connectivity index (χ0n) is 10.8. The standard InChI is InChI=1S/C13H28N2/c1-4-12(10-14-2)11-15(3)13-8-6-5-7-9-13/h12-14H,4-11H2,1-3H3. The molecule has 0 aliphatic heterocycles. The van der Waals surface area contributed by atoms with Crippen LogP contribution in [0.5, 0.6) is 0 Å². The van der Waals surface area contributed by atoms with E-state index < -0.39 is 0 Å². The van der Waals surface area contributed by atoms with Gasteiger partial charge in [-0.05, 0) is 39.4 Å². The Kier molecular flexibility index (Phi) is 6.26. The third kappa shape index (κ3) is 4.52. The van der Waals surface area contributed by atoms with E-state index >= 15 is 0 Å². The molecule has 0 aromatic rings. The molecule has 1 aliphatic carbocycles. The molecule has 1 fully saturated rings. The van der Waals surface area contributed by atoms with Gasteiger partial charge in [-0.1, -0.05) is 32.6 Å². The number of rotatable bonds is 6. The van der Waals surface area contributed by atoms with Crippen LogP contribution in [0.2, 0.25) is 0 Å². The number of nitrogens with zero attached hydrogens (tertiary/aromatic N) is 1. The minimum atomic E-state index is 0.821. The molecule has 0 radical (unpaired) electrons. The molecule has 0 heterocycles. The first-order valence-electron chi connectivity index (χ1n) is 6.62. The number of nitrogens with one attached hydrogen (secondary N) is 1. The molecule has 1 saturated carbocycles. The maximum atomic E-state index is 3.30. The Morgan fingerprint density at radius 1 is 1.27 bits per heavy atom. The molecule has 1 rings (SSSR count). The number of hydrogen-bond donors (Lipinski definition) is 1. The largest absolute Gasteiger partial charge is 0.319 e. The minimum Gasteiger partial charge on any atom is -0.319 e. The molecular formula is C13H28N2. The Hall–Kier alpha value is -0.0800. The fourth-order valence-corrected chi connectivity index (χ4v) is 2.70. The maximum absolute atomic E-state index is 3.30. The van der Waals surface area contributed by atoms with Crippen molar-refractivity contribution in [1.29, 1.82) is 0 Å². The Labute approximate surface area is 95.4 Å². The second-order valence-electron chi connectivity index (χ2n) is 5.06. The van der Waals surface area contributed by atoms with Crippen LogP contribution in [0.1, 0.15) is 45.4 Å². The van der Waals surface area contributed by atoms with Crippen LogP contribution in [0.25, 0.3) is 0 Å². The van der Waals surface area contributed by atoms with Crippen molar-refractivity contribution >= 4 is 0 Å². The predicted molar refractivity (Wildman–Crippen MR) is 67.2 cm³/mol. The van der Waals surface area contributed by atoms with E-state index in [-0.39, 0.29) is 0 Å². The third-order valence-electron chi connectivity index (χ3n) is 3.81. The summed E-state index contributed by atoms with van der Waals surface area (Å²) in [7, 11) is 4.37. The van der Waals surface area contributed by atoms with Gasteiger partial charge in [-0.2, -0.15) is 0 Å². The van der Waals surface area contributed by atoms with Gasteiger partial charge in [0.2, 0.25) is 0 Å². The van der Waals surface area contributed by atoms with Crippen molar-refractivity contribution in [1.82, 2.24) is 10.2 Å². The van der Waals surface area contributed by atoms with Gasteiger partial charge in [0.25, 0.3) is 0 Å². The van der Waals surface area contributed by atoms with E-state index in [2.05, 4.69) is 31.2 Å². The molecule has 1 unspecified atom stereocenters. The first-order valence-corrected chi connectivity index (χ1v) is 6.62. The molecule has 0 aromatic heterocycles. The van der Waals surface area contributed by atoms with Gasteiger partial charge in [-0.3, -0.25) is 0 Å². The molecule has 90 valence electrons. The second-order valence-corrected chi connectivity index (χ2v) is 5.06. The monoisotopic (exact) mass is 212 g/mol. The summed E-state index contributed by atoms with van der Waals surface area (Å²) in [6, 6.07) is 0.865. The van der Waals surface area contributed by atoms with Crippen molar-refractivity contribution in [2.75, 3.05) is 27.2 Å². The van der Waals surface area contributed by atoms with Crippen molar-refractivity contribution in [3.63, 3.8) is 0 Å². The smallest absolute Gasteiger partial charge is 0.00923 e. The first-order chi connectivity index (χ1) is 7.27. The summed E-state index contributed by atoms with van der Waals surface area (Å²) in [6.45, 7) is 4.73. The first kappa shape index (κ1) is 13.0. The highest BCUT2D eigenvalue weighted by molar-refractivity contribution is 4.75. The van der Waals surface area contributed by atoms with Crippen molar-refractivity contribution in [3.8, 4) is 0 Å². The molecule has 0 bridgehead atoms. The summed E-state index contributed by atoms with van der Waals surface area (Å²) in [4.78, 5) is 2.60. The highest BCUT2D eigenvalue weighted by Gasteiger charge is 2.19. The van der Waals surface area contributed by atoms with Gasteiger partial charge < -0.3 is 10.2 Å². The van der Waals surface area contributed by atoms with Crippen LogP contribution < -0.4 is 5.32 Å². The molecule has 0 spiro atoms. The normalized spacial score (nSPS) is 20.8. The summed E-state index contributed by atoms with van der Waals surface area (Å²) in [5.74, 6) is 0.821. The highest BCUT2D eigenvalue weighted by atomic mass is 15.1. The highest BCUT2D eigenvalue weighted by Crippen LogP contribution is 2.22. The average molecular weight is 212 g/mol. The molecule has 1 N–H and O–H groups in total. The Bertz CT molecular complexity index is 153. The predicted octanol–water partition coefficient (Wildman–Crippen LogP) is 2.50. The van der Waals surface area contributed by atoms with Gasteiger partial charge in [0.1, 0.15) is 0 Å². The zero-order chi connectivity index (χ0) is 11.1. The second kappa shape index (κ2) is 7.24. The van der Waals surface area contributed by atoms with Gasteiger partial charge in [0, 0.05) is 12.6 Å². The average Bonchev–Trinajstić information content (AvgIpc) is 2.29. The molecule has 1 atom stereocenters. The van der Waals surface area contributed by atoms with E-state index in [1.54, 1.807) is 0 Å². The Morgan fingerprint density at radius 3 is 2.47 bits per heavy atom. The lowest BCUT2D eigenvalue weighted by atomic mass is 9.93. The fraction of sp³-hybridized carbons (Fsp3) is 1.00. The topological polar surface area (TPSA) is 15.3 Å². The summed E-state index contributed by atoms with van der Waals surface area (Å²) in [5, 5.41) is 3.30. The van der Waals surface area contributed by atoms with Crippen molar-refractivity contribution in [2.24, 2.45) is 5.92 Å². The van der Waals surface area contributed by atoms with Crippen LogP contribution in [-0.4, -0.2) is 38.1 Å². The van der Waals surface area contributed by atoms with Crippen molar-refractivity contribution < 1.29 is 0 Å². The van der Waals surface area contributed by atoms with Gasteiger partial charge >= 0.3 is 0 Å². The molecular weight excluding hydrogens is 184 g/mol.